The second-order valence-electron chi connectivity index (χ2n) is 6.36. The molecule has 0 saturated heterocycles. The molecule has 0 aliphatic rings. The van der Waals surface area contributed by atoms with E-state index in [-0.39, 0.29) is 5.69 Å². The molecule has 29 heavy (non-hydrogen) atoms. The number of halogens is 1. The first-order valence-electron chi connectivity index (χ1n) is 8.64. The van der Waals surface area contributed by atoms with E-state index in [4.69, 9.17) is 0 Å². The third-order valence-electron chi connectivity index (χ3n) is 4.35. The van der Waals surface area contributed by atoms with Crippen molar-refractivity contribution in [2.24, 2.45) is 0 Å². The summed E-state index contributed by atoms with van der Waals surface area (Å²) in [5.74, 6) is -1.42. The van der Waals surface area contributed by atoms with Gasteiger partial charge in [-0.25, -0.2) is 4.98 Å². The summed E-state index contributed by atoms with van der Waals surface area (Å²) in [4.78, 5) is 29.8. The van der Waals surface area contributed by atoms with Gasteiger partial charge in [0.2, 0.25) is 5.82 Å². The fraction of sp³-hybridized carbons (Fsp3) is 0.0476. The van der Waals surface area contributed by atoms with Gasteiger partial charge in [0.05, 0.1) is 26.6 Å². The Bertz CT molecular complexity index is 1270. The number of nitrogens with one attached hydrogen (secondary N) is 1. The highest BCUT2D eigenvalue weighted by molar-refractivity contribution is 7.15. The molecule has 0 aliphatic heterocycles. The molecule has 0 fully saturated rings. The minimum Gasteiger partial charge on any atom is -0.322 e. The SMILES string of the molecule is Cc1ccc(-c2cc(C(=O)Nc3ccc(F)c([N+](=O)[O-])c3)c3ccccc3n2)s1. The lowest BCUT2D eigenvalue weighted by molar-refractivity contribution is -0.387. The number of carbonyl (C=O) groups is 1. The van der Waals surface area contributed by atoms with Gasteiger partial charge in [-0.2, -0.15) is 4.39 Å². The molecule has 0 bridgehead atoms. The first-order chi connectivity index (χ1) is 13.9. The summed E-state index contributed by atoms with van der Waals surface area (Å²) in [6.07, 6.45) is 0. The number of benzene rings is 2. The summed E-state index contributed by atoms with van der Waals surface area (Å²) in [5, 5.41) is 14.2. The van der Waals surface area contributed by atoms with Crippen LogP contribution in [-0.4, -0.2) is 15.8 Å². The topological polar surface area (TPSA) is 85.1 Å². The summed E-state index contributed by atoms with van der Waals surface area (Å²) in [5.41, 5.74) is 1.14. The van der Waals surface area contributed by atoms with Crippen LogP contribution in [0.25, 0.3) is 21.5 Å². The van der Waals surface area contributed by atoms with Gasteiger partial charge in [-0.05, 0) is 43.3 Å². The van der Waals surface area contributed by atoms with E-state index in [9.17, 15) is 19.3 Å². The molecule has 2 aromatic heterocycles. The van der Waals surface area contributed by atoms with Gasteiger partial charge in [0.25, 0.3) is 5.91 Å². The monoisotopic (exact) mass is 407 g/mol. The van der Waals surface area contributed by atoms with Crippen LogP contribution in [0, 0.1) is 22.9 Å². The molecule has 0 spiro atoms. The third kappa shape index (κ3) is 3.70. The van der Waals surface area contributed by atoms with Crippen LogP contribution in [0.2, 0.25) is 0 Å². The van der Waals surface area contributed by atoms with Gasteiger partial charge in [0, 0.05) is 22.0 Å². The van der Waals surface area contributed by atoms with Gasteiger partial charge in [-0.3, -0.25) is 14.9 Å². The number of aromatic nitrogens is 1. The van der Waals surface area contributed by atoms with Crippen molar-refractivity contribution in [3.8, 4) is 10.6 Å². The van der Waals surface area contributed by atoms with Crippen molar-refractivity contribution in [2.45, 2.75) is 6.92 Å². The maximum absolute atomic E-state index is 13.6. The minimum absolute atomic E-state index is 0.137. The van der Waals surface area contributed by atoms with Crippen LogP contribution in [0.3, 0.4) is 0 Å². The molecule has 2 heterocycles. The highest BCUT2D eigenvalue weighted by atomic mass is 32.1. The first-order valence-corrected chi connectivity index (χ1v) is 9.46. The van der Waals surface area contributed by atoms with Crippen molar-refractivity contribution in [2.75, 3.05) is 5.32 Å². The van der Waals surface area contributed by atoms with E-state index >= 15 is 0 Å². The Morgan fingerprint density at radius 3 is 2.66 bits per heavy atom. The average molecular weight is 407 g/mol. The molecule has 8 heteroatoms. The number of pyridine rings is 1. The second kappa shape index (κ2) is 7.40. The molecule has 0 aliphatic carbocycles. The summed E-state index contributed by atoms with van der Waals surface area (Å²) in [6, 6.07) is 16.1. The van der Waals surface area contributed by atoms with E-state index in [2.05, 4.69) is 10.3 Å². The number of thiophene rings is 1. The zero-order valence-corrected chi connectivity index (χ0v) is 16.0. The predicted molar refractivity (Wildman–Crippen MR) is 111 cm³/mol. The number of aryl methyl sites for hydroxylation is 1. The number of hydrogen-bond donors (Lipinski definition) is 1. The number of rotatable bonds is 4. The molecular weight excluding hydrogens is 393 g/mol. The van der Waals surface area contributed by atoms with Gasteiger partial charge < -0.3 is 5.32 Å². The highest BCUT2D eigenvalue weighted by Gasteiger charge is 2.18. The van der Waals surface area contributed by atoms with Gasteiger partial charge in [-0.1, -0.05) is 18.2 Å². The molecule has 0 unspecified atom stereocenters. The first kappa shape index (κ1) is 18.7. The Morgan fingerprint density at radius 1 is 1.14 bits per heavy atom. The second-order valence-corrected chi connectivity index (χ2v) is 7.65. The molecule has 4 rings (SSSR count). The number of anilines is 1. The molecule has 4 aromatic rings. The summed E-state index contributed by atoms with van der Waals surface area (Å²) in [6.45, 7) is 1.99. The van der Waals surface area contributed by atoms with E-state index in [1.807, 2.05) is 31.2 Å². The lowest BCUT2D eigenvalue weighted by atomic mass is 10.1. The quantitative estimate of drug-likeness (QED) is 0.354. The predicted octanol–water partition coefficient (Wildman–Crippen LogP) is 5.57. The number of nitro benzene ring substituents is 1. The van der Waals surface area contributed by atoms with Crippen LogP contribution >= 0.6 is 11.3 Å². The van der Waals surface area contributed by atoms with E-state index in [0.717, 1.165) is 21.9 Å². The highest BCUT2D eigenvalue weighted by Crippen LogP contribution is 2.30. The number of hydrogen-bond acceptors (Lipinski definition) is 5. The van der Waals surface area contributed by atoms with Crippen molar-refractivity contribution >= 4 is 39.5 Å². The lowest BCUT2D eigenvalue weighted by Crippen LogP contribution is -2.13. The van der Waals surface area contributed by atoms with Crippen LogP contribution in [0.4, 0.5) is 15.8 Å². The Balaban J connectivity index is 1.77. The van der Waals surface area contributed by atoms with Gasteiger partial charge in [-0.15, -0.1) is 11.3 Å². The fourth-order valence-corrected chi connectivity index (χ4v) is 3.82. The van der Waals surface area contributed by atoms with E-state index < -0.39 is 22.3 Å². The Kier molecular flexibility index (Phi) is 4.77. The minimum atomic E-state index is -0.960. The summed E-state index contributed by atoms with van der Waals surface area (Å²) in [7, 11) is 0. The fourth-order valence-electron chi connectivity index (χ4n) is 2.99. The number of nitro groups is 1. The van der Waals surface area contributed by atoms with Crippen molar-refractivity contribution in [3.05, 3.63) is 87.0 Å². The van der Waals surface area contributed by atoms with Crippen molar-refractivity contribution in [3.63, 3.8) is 0 Å². The average Bonchev–Trinajstić information content (AvgIpc) is 3.14. The molecule has 2 aromatic carbocycles. The normalized spacial score (nSPS) is 10.8. The zero-order valence-electron chi connectivity index (χ0n) is 15.2. The molecule has 144 valence electrons. The number of fused-ring (bicyclic) bond motifs is 1. The molecular formula is C21H14FN3O3S. The van der Waals surface area contributed by atoms with Gasteiger partial charge >= 0.3 is 5.69 Å². The van der Waals surface area contributed by atoms with Gasteiger partial charge in [0.15, 0.2) is 0 Å². The van der Waals surface area contributed by atoms with Crippen LogP contribution < -0.4 is 5.32 Å². The molecule has 1 amide bonds. The van der Waals surface area contributed by atoms with Gasteiger partial charge in [0.1, 0.15) is 0 Å². The van der Waals surface area contributed by atoms with E-state index in [1.165, 1.54) is 6.07 Å². The van der Waals surface area contributed by atoms with Crippen LogP contribution in [-0.2, 0) is 0 Å². The molecule has 6 nitrogen and oxygen atoms in total. The van der Waals surface area contributed by atoms with Crippen LogP contribution in [0.1, 0.15) is 15.2 Å². The molecule has 0 radical (unpaired) electrons. The lowest BCUT2D eigenvalue weighted by Gasteiger charge is -2.10. The third-order valence-corrected chi connectivity index (χ3v) is 5.38. The van der Waals surface area contributed by atoms with Crippen molar-refractivity contribution in [1.82, 2.24) is 4.98 Å². The van der Waals surface area contributed by atoms with E-state index in [1.54, 1.807) is 29.5 Å². The zero-order chi connectivity index (χ0) is 20.5. The number of carbonyl (C=O) groups excluding carboxylic acids is 1. The van der Waals surface area contributed by atoms with E-state index in [0.29, 0.717) is 22.2 Å². The maximum atomic E-state index is 13.6. The number of amides is 1. The number of nitrogens with zero attached hydrogens (tertiary/aromatic N) is 2. The van der Waals surface area contributed by atoms with Crippen molar-refractivity contribution in [1.29, 1.82) is 0 Å². The molecule has 0 atom stereocenters. The summed E-state index contributed by atoms with van der Waals surface area (Å²) < 4.78 is 13.6. The molecule has 0 saturated carbocycles. The number of para-hydroxylation sites is 1. The smallest absolute Gasteiger partial charge is 0.306 e. The van der Waals surface area contributed by atoms with Crippen LogP contribution in [0.15, 0.2) is 60.7 Å². The Hall–Kier alpha value is -3.65. The molecule has 1 N–H and O–H groups in total. The standard InChI is InChI=1S/C21H14FN3O3S/c1-12-6-9-20(29-12)18-11-15(14-4-2-3-5-17(14)24-18)21(26)23-13-7-8-16(22)19(10-13)25(27)28/h2-11H,1H3,(H,23,26). The Morgan fingerprint density at radius 2 is 1.93 bits per heavy atom. The van der Waals surface area contributed by atoms with Crippen molar-refractivity contribution < 1.29 is 14.1 Å². The largest absolute Gasteiger partial charge is 0.322 e. The maximum Gasteiger partial charge on any atom is 0.306 e. The summed E-state index contributed by atoms with van der Waals surface area (Å²) >= 11 is 1.57. The Labute approximate surface area is 168 Å². The van der Waals surface area contributed by atoms with Crippen LogP contribution in [0.5, 0.6) is 0 Å².